The highest BCUT2D eigenvalue weighted by molar-refractivity contribution is 7.98. The molecule has 1 aliphatic rings. The lowest BCUT2D eigenvalue weighted by Gasteiger charge is -2.13. The van der Waals surface area contributed by atoms with Crippen LogP contribution in [0.2, 0.25) is 0 Å². The van der Waals surface area contributed by atoms with Gasteiger partial charge in [0.15, 0.2) is 0 Å². The van der Waals surface area contributed by atoms with E-state index in [2.05, 4.69) is 35.8 Å². The molecule has 0 aliphatic heterocycles. The van der Waals surface area contributed by atoms with Gasteiger partial charge in [-0.25, -0.2) is 0 Å². The van der Waals surface area contributed by atoms with Crippen LogP contribution >= 0.6 is 11.8 Å². The predicted octanol–water partition coefficient (Wildman–Crippen LogP) is 3.80. The summed E-state index contributed by atoms with van der Waals surface area (Å²) in [6, 6.07) is 9.50. The van der Waals surface area contributed by atoms with Crippen molar-refractivity contribution in [3.05, 3.63) is 35.4 Å². The van der Waals surface area contributed by atoms with E-state index in [0.29, 0.717) is 6.04 Å². The molecule has 1 N–H and O–H groups in total. The van der Waals surface area contributed by atoms with Crippen LogP contribution in [0, 0.1) is 0 Å². The number of nitrogens with one attached hydrogen (secondary N) is 1. The molecule has 94 valence electrons. The average Bonchev–Trinajstić information content (AvgIpc) is 2.77. The van der Waals surface area contributed by atoms with E-state index in [4.69, 9.17) is 0 Å². The summed E-state index contributed by atoms with van der Waals surface area (Å²) in [4.78, 5) is 0. The van der Waals surface area contributed by atoms with E-state index < -0.39 is 0 Å². The van der Waals surface area contributed by atoms with Crippen molar-refractivity contribution < 1.29 is 0 Å². The van der Waals surface area contributed by atoms with Gasteiger partial charge in [-0.3, -0.25) is 0 Å². The Morgan fingerprint density at radius 2 is 2.12 bits per heavy atom. The summed E-state index contributed by atoms with van der Waals surface area (Å²) in [5, 5.41) is 3.71. The van der Waals surface area contributed by atoms with E-state index in [1.807, 2.05) is 11.8 Å². The maximum atomic E-state index is 3.71. The van der Waals surface area contributed by atoms with Gasteiger partial charge in [0.05, 0.1) is 0 Å². The fraction of sp³-hybridized carbons (Fsp3) is 0.600. The maximum Gasteiger partial charge on any atom is 0.0326 e. The Morgan fingerprint density at radius 1 is 1.24 bits per heavy atom. The lowest BCUT2D eigenvalue weighted by Crippen LogP contribution is -2.20. The molecule has 0 spiro atoms. The van der Waals surface area contributed by atoms with E-state index in [-0.39, 0.29) is 0 Å². The molecular weight excluding hydrogens is 226 g/mol. The number of hydrogen-bond acceptors (Lipinski definition) is 2. The summed E-state index contributed by atoms with van der Waals surface area (Å²) in [5.74, 6) is 1.31. The summed E-state index contributed by atoms with van der Waals surface area (Å²) in [6.45, 7) is 1.17. The maximum absolute atomic E-state index is 3.71. The van der Waals surface area contributed by atoms with Crippen LogP contribution in [0.4, 0.5) is 0 Å². The Hall–Kier alpha value is -0.470. The van der Waals surface area contributed by atoms with Crippen LogP contribution in [0.1, 0.15) is 42.9 Å². The minimum Gasteiger partial charge on any atom is -0.310 e. The third-order valence-electron chi connectivity index (χ3n) is 3.55. The Balaban J connectivity index is 1.68. The van der Waals surface area contributed by atoms with Crippen molar-refractivity contribution in [2.24, 2.45) is 0 Å². The van der Waals surface area contributed by atoms with E-state index in [9.17, 15) is 0 Å². The van der Waals surface area contributed by atoms with Gasteiger partial charge in [0.1, 0.15) is 0 Å². The Bertz CT molecular complexity index is 337. The molecule has 1 aromatic carbocycles. The minimum absolute atomic E-state index is 0.617. The molecule has 1 unspecified atom stereocenters. The van der Waals surface area contributed by atoms with Crippen molar-refractivity contribution >= 4 is 11.8 Å². The first-order valence-corrected chi connectivity index (χ1v) is 8.11. The van der Waals surface area contributed by atoms with Crippen LogP contribution in [0.15, 0.2) is 24.3 Å². The topological polar surface area (TPSA) is 12.0 Å². The highest BCUT2D eigenvalue weighted by Gasteiger charge is 2.20. The summed E-state index contributed by atoms with van der Waals surface area (Å²) in [5.41, 5.74) is 3.09. The van der Waals surface area contributed by atoms with E-state index in [0.717, 1.165) is 0 Å². The second-order valence-electron chi connectivity index (χ2n) is 4.80. The predicted molar refractivity (Wildman–Crippen MR) is 77.7 cm³/mol. The highest BCUT2D eigenvalue weighted by Crippen LogP contribution is 2.30. The van der Waals surface area contributed by atoms with Crippen molar-refractivity contribution in [2.45, 2.75) is 38.1 Å². The minimum atomic E-state index is 0.617. The molecule has 1 nitrogen and oxygen atoms in total. The molecule has 0 amide bonds. The number of aryl methyl sites for hydroxylation is 1. The first kappa shape index (κ1) is 13.0. The van der Waals surface area contributed by atoms with Gasteiger partial charge in [-0.15, -0.1) is 0 Å². The number of benzene rings is 1. The zero-order valence-corrected chi connectivity index (χ0v) is 11.6. The summed E-state index contributed by atoms with van der Waals surface area (Å²) in [7, 11) is 0. The van der Waals surface area contributed by atoms with Crippen LogP contribution in [0.5, 0.6) is 0 Å². The van der Waals surface area contributed by atoms with E-state index >= 15 is 0 Å². The lowest BCUT2D eigenvalue weighted by molar-refractivity contribution is 0.511. The van der Waals surface area contributed by atoms with Gasteiger partial charge < -0.3 is 5.32 Å². The Morgan fingerprint density at radius 3 is 3.00 bits per heavy atom. The highest BCUT2D eigenvalue weighted by atomic mass is 32.2. The number of thioether (sulfide) groups is 1. The monoisotopic (exact) mass is 249 g/mol. The van der Waals surface area contributed by atoms with Crippen molar-refractivity contribution in [2.75, 3.05) is 18.6 Å². The van der Waals surface area contributed by atoms with Gasteiger partial charge in [-0.05, 0) is 55.4 Å². The molecule has 2 rings (SSSR count). The molecule has 0 heterocycles. The Labute approximate surface area is 109 Å². The lowest BCUT2D eigenvalue weighted by atomic mass is 10.1. The number of rotatable bonds is 7. The summed E-state index contributed by atoms with van der Waals surface area (Å²) in [6.07, 6.45) is 8.77. The molecule has 0 saturated heterocycles. The zero-order chi connectivity index (χ0) is 11.9. The fourth-order valence-corrected chi connectivity index (χ4v) is 3.09. The number of hydrogen-bond donors (Lipinski definition) is 1. The van der Waals surface area contributed by atoms with Crippen LogP contribution in [-0.4, -0.2) is 18.6 Å². The molecule has 0 fully saturated rings. The number of fused-ring (bicyclic) bond motifs is 1. The smallest absolute Gasteiger partial charge is 0.0326 e. The standard InChI is InChI=1S/C15H23NS/c1-17-12-6-2-5-11-16-15-10-9-13-7-3-4-8-14(13)15/h3-4,7-8,15-16H,2,5-6,9-12H2,1H3. The molecule has 1 atom stereocenters. The summed E-state index contributed by atoms with van der Waals surface area (Å²) < 4.78 is 0. The van der Waals surface area contributed by atoms with Crippen molar-refractivity contribution in [3.8, 4) is 0 Å². The van der Waals surface area contributed by atoms with Gasteiger partial charge in [-0.1, -0.05) is 30.7 Å². The Kier molecular flexibility index (Phi) is 5.40. The zero-order valence-electron chi connectivity index (χ0n) is 10.7. The molecule has 0 saturated carbocycles. The normalized spacial score (nSPS) is 18.3. The van der Waals surface area contributed by atoms with Gasteiger partial charge in [0.25, 0.3) is 0 Å². The molecular formula is C15H23NS. The molecule has 0 radical (unpaired) electrons. The molecule has 17 heavy (non-hydrogen) atoms. The second kappa shape index (κ2) is 7.07. The van der Waals surface area contributed by atoms with Gasteiger partial charge >= 0.3 is 0 Å². The van der Waals surface area contributed by atoms with Crippen molar-refractivity contribution in [1.82, 2.24) is 5.32 Å². The van der Waals surface area contributed by atoms with Crippen LogP contribution < -0.4 is 5.32 Å². The quantitative estimate of drug-likeness (QED) is 0.738. The fourth-order valence-electron chi connectivity index (χ4n) is 2.59. The molecule has 1 aromatic rings. The molecule has 1 aliphatic carbocycles. The van der Waals surface area contributed by atoms with Gasteiger partial charge in [0.2, 0.25) is 0 Å². The average molecular weight is 249 g/mol. The first-order chi connectivity index (χ1) is 8.42. The van der Waals surface area contributed by atoms with Crippen LogP contribution in [0.25, 0.3) is 0 Å². The van der Waals surface area contributed by atoms with Crippen LogP contribution in [-0.2, 0) is 6.42 Å². The molecule has 2 heteroatoms. The van der Waals surface area contributed by atoms with Crippen LogP contribution in [0.3, 0.4) is 0 Å². The van der Waals surface area contributed by atoms with Gasteiger partial charge in [-0.2, -0.15) is 11.8 Å². The second-order valence-corrected chi connectivity index (χ2v) is 5.78. The SMILES string of the molecule is CSCCCCCNC1CCc2ccccc21. The first-order valence-electron chi connectivity index (χ1n) is 6.72. The van der Waals surface area contributed by atoms with E-state index in [1.54, 1.807) is 5.56 Å². The third-order valence-corrected chi connectivity index (χ3v) is 4.25. The van der Waals surface area contributed by atoms with Crippen molar-refractivity contribution in [3.63, 3.8) is 0 Å². The molecule has 0 aromatic heterocycles. The largest absolute Gasteiger partial charge is 0.310 e. The number of unbranched alkanes of at least 4 members (excludes halogenated alkanes) is 2. The third kappa shape index (κ3) is 3.75. The van der Waals surface area contributed by atoms with Gasteiger partial charge in [0, 0.05) is 6.04 Å². The van der Waals surface area contributed by atoms with E-state index in [1.165, 1.54) is 50.0 Å². The van der Waals surface area contributed by atoms with Crippen molar-refractivity contribution in [1.29, 1.82) is 0 Å². The molecule has 0 bridgehead atoms. The summed E-state index contributed by atoms with van der Waals surface area (Å²) >= 11 is 1.96.